The molecule has 1 atom stereocenters. The normalized spacial score (nSPS) is 14.7. The molecule has 1 unspecified atom stereocenters. The molecular formula is C9H21N. The Labute approximate surface area is 65.4 Å². The molecule has 0 heterocycles. The summed E-state index contributed by atoms with van der Waals surface area (Å²) in [6.45, 7) is 9.02. The predicted octanol–water partition coefficient (Wildman–Crippen LogP) is 2.52. The summed E-state index contributed by atoms with van der Waals surface area (Å²) >= 11 is 0. The van der Waals surface area contributed by atoms with Crippen LogP contribution in [0, 0.1) is 0 Å². The van der Waals surface area contributed by atoms with Gasteiger partial charge in [0.05, 0.1) is 0 Å². The molecule has 0 saturated heterocycles. The smallest absolute Gasteiger partial charge is 0.00664 e. The topological polar surface area (TPSA) is 3.24 Å². The van der Waals surface area contributed by atoms with Crippen LogP contribution in [0.15, 0.2) is 0 Å². The summed E-state index contributed by atoms with van der Waals surface area (Å²) in [5.74, 6) is 0. The average Bonchev–Trinajstić information content (AvgIpc) is 1.87. The Balaban J connectivity index is 3.58. The van der Waals surface area contributed by atoms with Crippen molar-refractivity contribution in [2.75, 3.05) is 7.05 Å². The SMILES string of the molecule is CCCC(C)N(C)C(C)C. The van der Waals surface area contributed by atoms with E-state index in [1.807, 2.05) is 0 Å². The Morgan fingerprint density at radius 3 is 2.00 bits per heavy atom. The Hall–Kier alpha value is -0.0400. The summed E-state index contributed by atoms with van der Waals surface area (Å²) in [5, 5.41) is 0. The van der Waals surface area contributed by atoms with Crippen LogP contribution in [0.1, 0.15) is 40.5 Å². The van der Waals surface area contributed by atoms with E-state index in [0.717, 1.165) is 6.04 Å². The zero-order valence-electron chi connectivity index (χ0n) is 8.02. The first-order chi connectivity index (χ1) is 4.59. The first kappa shape index (κ1) is 9.96. The van der Waals surface area contributed by atoms with E-state index in [-0.39, 0.29) is 0 Å². The zero-order valence-corrected chi connectivity index (χ0v) is 8.02. The van der Waals surface area contributed by atoms with Gasteiger partial charge in [0, 0.05) is 12.1 Å². The quantitative estimate of drug-likeness (QED) is 0.584. The van der Waals surface area contributed by atoms with Crippen molar-refractivity contribution in [1.82, 2.24) is 4.90 Å². The minimum atomic E-state index is 0.682. The van der Waals surface area contributed by atoms with Crippen LogP contribution in [-0.4, -0.2) is 24.0 Å². The molecule has 0 aliphatic heterocycles. The highest BCUT2D eigenvalue weighted by molar-refractivity contribution is 4.65. The molecule has 0 amide bonds. The molecule has 0 rings (SSSR count). The van der Waals surface area contributed by atoms with Gasteiger partial charge in [-0.1, -0.05) is 13.3 Å². The van der Waals surface area contributed by atoms with Crippen LogP contribution in [0.25, 0.3) is 0 Å². The van der Waals surface area contributed by atoms with Crippen molar-refractivity contribution in [2.24, 2.45) is 0 Å². The zero-order chi connectivity index (χ0) is 8.15. The van der Waals surface area contributed by atoms with Gasteiger partial charge in [0.25, 0.3) is 0 Å². The van der Waals surface area contributed by atoms with E-state index in [1.54, 1.807) is 0 Å². The molecule has 0 N–H and O–H groups in total. The molecular weight excluding hydrogens is 122 g/mol. The minimum Gasteiger partial charge on any atom is -0.301 e. The molecule has 0 aromatic rings. The third-order valence-electron chi connectivity index (χ3n) is 2.22. The summed E-state index contributed by atoms with van der Waals surface area (Å²) in [6, 6.07) is 1.42. The molecule has 62 valence electrons. The molecule has 0 aliphatic rings. The Bertz CT molecular complexity index is 78.8. The van der Waals surface area contributed by atoms with Gasteiger partial charge in [-0.05, 0) is 34.2 Å². The third-order valence-corrected chi connectivity index (χ3v) is 2.22. The van der Waals surface area contributed by atoms with Crippen molar-refractivity contribution in [3.63, 3.8) is 0 Å². The van der Waals surface area contributed by atoms with Gasteiger partial charge in [0.1, 0.15) is 0 Å². The number of rotatable bonds is 4. The molecule has 1 nitrogen and oxygen atoms in total. The fourth-order valence-corrected chi connectivity index (χ4v) is 1.13. The molecule has 0 aromatic carbocycles. The molecule has 0 bridgehead atoms. The largest absolute Gasteiger partial charge is 0.301 e. The number of hydrogen-bond donors (Lipinski definition) is 0. The lowest BCUT2D eigenvalue weighted by Gasteiger charge is -2.27. The predicted molar refractivity (Wildman–Crippen MR) is 47.3 cm³/mol. The summed E-state index contributed by atoms with van der Waals surface area (Å²) in [7, 11) is 2.20. The monoisotopic (exact) mass is 143 g/mol. The van der Waals surface area contributed by atoms with Gasteiger partial charge in [0.2, 0.25) is 0 Å². The van der Waals surface area contributed by atoms with Crippen LogP contribution in [0.3, 0.4) is 0 Å². The van der Waals surface area contributed by atoms with Gasteiger partial charge in [-0.2, -0.15) is 0 Å². The minimum absolute atomic E-state index is 0.682. The Morgan fingerprint density at radius 1 is 1.20 bits per heavy atom. The van der Waals surface area contributed by atoms with Crippen LogP contribution in [0.4, 0.5) is 0 Å². The standard InChI is InChI=1S/C9H21N/c1-6-7-9(4)10(5)8(2)3/h8-9H,6-7H2,1-5H3. The summed E-state index contributed by atoms with van der Waals surface area (Å²) in [5.41, 5.74) is 0. The lowest BCUT2D eigenvalue weighted by molar-refractivity contribution is 0.198. The van der Waals surface area contributed by atoms with Crippen LogP contribution >= 0.6 is 0 Å². The highest BCUT2D eigenvalue weighted by Crippen LogP contribution is 2.06. The first-order valence-corrected chi connectivity index (χ1v) is 4.31. The lowest BCUT2D eigenvalue weighted by Crippen LogP contribution is -2.34. The second kappa shape index (κ2) is 4.73. The third kappa shape index (κ3) is 3.21. The van der Waals surface area contributed by atoms with Crippen LogP contribution in [0.5, 0.6) is 0 Å². The van der Waals surface area contributed by atoms with Gasteiger partial charge in [-0.25, -0.2) is 0 Å². The van der Waals surface area contributed by atoms with E-state index in [2.05, 4.69) is 39.6 Å². The Kier molecular flexibility index (Phi) is 4.71. The van der Waals surface area contributed by atoms with Crippen LogP contribution < -0.4 is 0 Å². The lowest BCUT2D eigenvalue weighted by atomic mass is 10.1. The molecule has 0 spiro atoms. The van der Waals surface area contributed by atoms with Gasteiger partial charge >= 0.3 is 0 Å². The molecule has 0 aromatic heterocycles. The van der Waals surface area contributed by atoms with Crippen molar-refractivity contribution in [3.05, 3.63) is 0 Å². The van der Waals surface area contributed by atoms with E-state index in [9.17, 15) is 0 Å². The molecule has 0 radical (unpaired) electrons. The maximum absolute atomic E-state index is 2.42. The first-order valence-electron chi connectivity index (χ1n) is 4.31. The highest BCUT2D eigenvalue weighted by Gasteiger charge is 2.09. The second-order valence-electron chi connectivity index (χ2n) is 3.40. The molecule has 0 fully saturated rings. The van der Waals surface area contributed by atoms with E-state index < -0.39 is 0 Å². The van der Waals surface area contributed by atoms with Gasteiger partial charge in [-0.3, -0.25) is 0 Å². The van der Waals surface area contributed by atoms with Gasteiger partial charge in [0.15, 0.2) is 0 Å². The fourth-order valence-electron chi connectivity index (χ4n) is 1.13. The summed E-state index contributed by atoms with van der Waals surface area (Å²) < 4.78 is 0. The van der Waals surface area contributed by atoms with E-state index >= 15 is 0 Å². The van der Waals surface area contributed by atoms with Crippen molar-refractivity contribution >= 4 is 0 Å². The Morgan fingerprint density at radius 2 is 1.70 bits per heavy atom. The van der Waals surface area contributed by atoms with Crippen molar-refractivity contribution in [1.29, 1.82) is 0 Å². The van der Waals surface area contributed by atoms with E-state index in [0.29, 0.717) is 6.04 Å². The molecule has 0 saturated carbocycles. The maximum atomic E-state index is 2.42. The van der Waals surface area contributed by atoms with Crippen LogP contribution in [0.2, 0.25) is 0 Å². The molecule has 10 heavy (non-hydrogen) atoms. The number of hydrogen-bond acceptors (Lipinski definition) is 1. The summed E-state index contributed by atoms with van der Waals surface area (Å²) in [6.07, 6.45) is 2.60. The van der Waals surface area contributed by atoms with E-state index in [1.165, 1.54) is 12.8 Å². The van der Waals surface area contributed by atoms with Crippen molar-refractivity contribution in [3.8, 4) is 0 Å². The van der Waals surface area contributed by atoms with E-state index in [4.69, 9.17) is 0 Å². The van der Waals surface area contributed by atoms with Gasteiger partial charge in [-0.15, -0.1) is 0 Å². The highest BCUT2D eigenvalue weighted by atomic mass is 15.1. The second-order valence-corrected chi connectivity index (χ2v) is 3.40. The van der Waals surface area contributed by atoms with Crippen molar-refractivity contribution < 1.29 is 0 Å². The number of nitrogens with zero attached hydrogens (tertiary/aromatic N) is 1. The maximum Gasteiger partial charge on any atom is 0.00664 e. The summed E-state index contributed by atoms with van der Waals surface area (Å²) in [4.78, 5) is 2.42. The molecule has 1 heteroatoms. The fraction of sp³-hybridized carbons (Fsp3) is 1.00. The van der Waals surface area contributed by atoms with Gasteiger partial charge < -0.3 is 4.90 Å². The van der Waals surface area contributed by atoms with Crippen LogP contribution in [-0.2, 0) is 0 Å². The molecule has 0 aliphatic carbocycles. The van der Waals surface area contributed by atoms with Crippen molar-refractivity contribution in [2.45, 2.75) is 52.6 Å². The average molecular weight is 143 g/mol.